The molecule has 1 N–H and O–H groups in total. The fraction of sp³-hybridized carbons (Fsp3) is 0.464. The van der Waals surface area contributed by atoms with Crippen LogP contribution in [0.1, 0.15) is 41.5 Å². The summed E-state index contributed by atoms with van der Waals surface area (Å²) in [4.78, 5) is 35.8. The van der Waals surface area contributed by atoms with E-state index >= 15 is 0 Å². The predicted octanol–water partition coefficient (Wildman–Crippen LogP) is 2.08. The van der Waals surface area contributed by atoms with Gasteiger partial charge in [0, 0.05) is 20.8 Å². The first-order valence-electron chi connectivity index (χ1n) is 12.5. The number of aliphatic hydroxyl groups excluding tert-OH is 1. The van der Waals surface area contributed by atoms with Crippen LogP contribution in [0.3, 0.4) is 0 Å². The highest BCUT2D eigenvalue weighted by Gasteiger charge is 2.58. The Morgan fingerprint density at radius 2 is 1.26 bits per heavy atom. The van der Waals surface area contributed by atoms with Crippen LogP contribution in [0.25, 0.3) is 0 Å². The molecule has 206 valence electrons. The average Bonchev–Trinajstić information content (AvgIpc) is 2.84. The smallest absolute Gasteiger partial charge is 0.303 e. The van der Waals surface area contributed by atoms with Gasteiger partial charge in [0.1, 0.15) is 18.8 Å². The van der Waals surface area contributed by atoms with Crippen molar-refractivity contribution in [3.8, 4) is 0 Å². The van der Waals surface area contributed by atoms with E-state index < -0.39 is 62.0 Å². The van der Waals surface area contributed by atoms with Gasteiger partial charge < -0.3 is 28.5 Å². The molecule has 1 aliphatic heterocycles. The van der Waals surface area contributed by atoms with Crippen molar-refractivity contribution in [3.63, 3.8) is 0 Å². The summed E-state index contributed by atoms with van der Waals surface area (Å²) in [6.45, 7) is 9.49. The molecule has 1 fully saturated rings. The summed E-state index contributed by atoms with van der Waals surface area (Å²) in [6, 6.07) is 19.4. The number of rotatable bonds is 8. The number of hydrogen-bond donors (Lipinski definition) is 1. The minimum atomic E-state index is -3.26. The first kappa shape index (κ1) is 29.5. The van der Waals surface area contributed by atoms with Gasteiger partial charge in [0.05, 0.1) is 0 Å². The quantitative estimate of drug-likeness (QED) is 0.303. The van der Waals surface area contributed by atoms with Crippen molar-refractivity contribution >= 4 is 36.6 Å². The van der Waals surface area contributed by atoms with E-state index in [9.17, 15) is 19.5 Å². The average molecular weight is 545 g/mol. The third-order valence-corrected chi connectivity index (χ3v) is 11.4. The molecule has 38 heavy (non-hydrogen) atoms. The Morgan fingerprint density at radius 1 is 0.789 bits per heavy atom. The van der Waals surface area contributed by atoms with Crippen LogP contribution in [-0.2, 0) is 37.8 Å². The molecular formula is C28H36O9Si. The maximum Gasteiger partial charge on any atom is 0.303 e. The summed E-state index contributed by atoms with van der Waals surface area (Å²) in [6.07, 6.45) is -6.37. The van der Waals surface area contributed by atoms with Crippen LogP contribution in [0.4, 0.5) is 0 Å². The van der Waals surface area contributed by atoms with E-state index in [4.69, 9.17) is 23.4 Å². The minimum Gasteiger partial charge on any atom is -0.463 e. The summed E-state index contributed by atoms with van der Waals surface area (Å²) in [5, 5.41) is 12.7. The highest BCUT2D eigenvalue weighted by Crippen LogP contribution is 2.40. The molecule has 0 spiro atoms. The molecule has 1 heterocycles. The lowest BCUT2D eigenvalue weighted by Crippen LogP contribution is -2.72. The molecule has 2 aromatic carbocycles. The molecule has 3 rings (SSSR count). The van der Waals surface area contributed by atoms with E-state index in [0.717, 1.165) is 10.4 Å². The summed E-state index contributed by atoms with van der Waals surface area (Å²) in [7, 11) is -3.26. The van der Waals surface area contributed by atoms with Gasteiger partial charge in [-0.25, -0.2) is 0 Å². The van der Waals surface area contributed by atoms with E-state index in [1.54, 1.807) is 0 Å². The van der Waals surface area contributed by atoms with Crippen LogP contribution < -0.4 is 10.4 Å². The molecule has 1 saturated heterocycles. The van der Waals surface area contributed by atoms with Crippen molar-refractivity contribution in [2.45, 2.75) is 77.3 Å². The van der Waals surface area contributed by atoms with Crippen molar-refractivity contribution in [1.29, 1.82) is 0 Å². The number of aliphatic hydroxyl groups is 1. The third kappa shape index (κ3) is 6.50. The second-order valence-corrected chi connectivity index (χ2v) is 14.5. The fourth-order valence-corrected chi connectivity index (χ4v) is 9.58. The molecule has 5 atom stereocenters. The van der Waals surface area contributed by atoms with Crippen molar-refractivity contribution in [3.05, 3.63) is 60.7 Å². The highest BCUT2D eigenvalue weighted by atomic mass is 28.4. The van der Waals surface area contributed by atoms with Crippen LogP contribution in [0, 0.1) is 0 Å². The zero-order valence-corrected chi connectivity index (χ0v) is 23.6. The van der Waals surface area contributed by atoms with E-state index in [0.29, 0.717) is 0 Å². The van der Waals surface area contributed by atoms with E-state index in [2.05, 4.69) is 20.8 Å². The SMILES string of the molecule is CC(=O)OC[C@@H]1OC(O)[C@@H](O[Si](c2ccccc2)(c2ccccc2)C(C)(C)C)[C@@H](OC(C)=O)[C@@H]1OC(C)=O. The number of carbonyl (C=O) groups excluding carboxylic acids is 3. The second kappa shape index (κ2) is 12.2. The molecule has 1 unspecified atom stereocenters. The standard InChI is InChI=1S/C28H36O9Si/c1-18(29)33-17-23-24(34-19(2)30)25(35-20(3)31)26(27(32)36-23)37-38(28(4,5)6,21-13-9-7-10-14-21)22-15-11-8-12-16-22/h7-16,23-27,32H,17H2,1-6H3/t23-,24+,25-,26-,27?/m0/s1. The molecule has 10 heteroatoms. The van der Waals surface area contributed by atoms with Crippen molar-refractivity contribution in [1.82, 2.24) is 0 Å². The maximum atomic E-state index is 12.3. The first-order valence-corrected chi connectivity index (χ1v) is 14.4. The van der Waals surface area contributed by atoms with Gasteiger partial charge in [-0.15, -0.1) is 0 Å². The molecule has 0 aliphatic carbocycles. The van der Waals surface area contributed by atoms with Crippen molar-refractivity contribution in [2.24, 2.45) is 0 Å². The van der Waals surface area contributed by atoms with Crippen LogP contribution in [0.2, 0.25) is 5.04 Å². The Bertz CT molecular complexity index is 1060. The van der Waals surface area contributed by atoms with Gasteiger partial charge in [0.25, 0.3) is 8.32 Å². The summed E-state index contributed by atoms with van der Waals surface area (Å²) in [5.74, 6) is -1.91. The van der Waals surface area contributed by atoms with Crippen molar-refractivity contribution < 1.29 is 42.9 Å². The van der Waals surface area contributed by atoms with Gasteiger partial charge in [0.15, 0.2) is 18.5 Å². The number of esters is 3. The first-order chi connectivity index (χ1) is 17.9. The molecule has 0 bridgehead atoms. The summed E-state index contributed by atoms with van der Waals surface area (Å²) < 4.78 is 29.1. The van der Waals surface area contributed by atoms with E-state index in [-0.39, 0.29) is 6.61 Å². The zero-order valence-electron chi connectivity index (χ0n) is 22.6. The van der Waals surface area contributed by atoms with Crippen molar-refractivity contribution in [2.75, 3.05) is 6.61 Å². The molecule has 0 amide bonds. The van der Waals surface area contributed by atoms with Crippen LogP contribution >= 0.6 is 0 Å². The fourth-order valence-electron chi connectivity index (χ4n) is 4.91. The van der Waals surface area contributed by atoms with Gasteiger partial charge in [-0.05, 0) is 15.4 Å². The molecule has 0 aromatic heterocycles. The highest BCUT2D eigenvalue weighted by molar-refractivity contribution is 6.99. The van der Waals surface area contributed by atoms with Gasteiger partial charge >= 0.3 is 17.9 Å². The summed E-state index contributed by atoms with van der Waals surface area (Å²) in [5.41, 5.74) is 0. The molecule has 2 aromatic rings. The normalized spacial score (nSPS) is 23.8. The van der Waals surface area contributed by atoms with Gasteiger partial charge in [-0.2, -0.15) is 0 Å². The Hall–Kier alpha value is -3.05. The Balaban J connectivity index is 2.18. The monoisotopic (exact) mass is 544 g/mol. The summed E-state index contributed by atoms with van der Waals surface area (Å²) >= 11 is 0. The Morgan fingerprint density at radius 3 is 1.68 bits per heavy atom. The van der Waals surface area contributed by atoms with Crippen LogP contribution in [0.15, 0.2) is 60.7 Å². The van der Waals surface area contributed by atoms with Crippen LogP contribution in [-0.4, -0.2) is 68.6 Å². The number of hydrogen-bond acceptors (Lipinski definition) is 9. The lowest BCUT2D eigenvalue weighted by atomic mass is 9.98. The van der Waals surface area contributed by atoms with Gasteiger partial charge in [-0.3, -0.25) is 14.4 Å². The Kier molecular flexibility index (Phi) is 9.48. The molecule has 0 saturated carbocycles. The van der Waals surface area contributed by atoms with E-state index in [1.165, 1.54) is 20.8 Å². The topological polar surface area (TPSA) is 118 Å². The van der Waals surface area contributed by atoms with E-state index in [1.807, 2.05) is 60.7 Å². The molecule has 9 nitrogen and oxygen atoms in total. The lowest BCUT2D eigenvalue weighted by Gasteiger charge is -2.50. The maximum absolute atomic E-state index is 12.3. The van der Waals surface area contributed by atoms with Crippen LogP contribution in [0.5, 0.6) is 0 Å². The number of benzene rings is 2. The Labute approximate surface area is 224 Å². The zero-order chi connectivity index (χ0) is 28.1. The molecular weight excluding hydrogens is 508 g/mol. The largest absolute Gasteiger partial charge is 0.463 e. The van der Waals surface area contributed by atoms with Gasteiger partial charge in [0.2, 0.25) is 0 Å². The minimum absolute atomic E-state index is 0.325. The molecule has 1 aliphatic rings. The lowest BCUT2D eigenvalue weighted by molar-refractivity contribution is -0.289. The predicted molar refractivity (Wildman–Crippen MR) is 141 cm³/mol. The third-order valence-electron chi connectivity index (χ3n) is 6.39. The number of carbonyl (C=O) groups is 3. The van der Waals surface area contributed by atoms with Gasteiger partial charge in [-0.1, -0.05) is 81.4 Å². The number of ether oxygens (including phenoxy) is 4. The second-order valence-electron chi connectivity index (χ2n) is 10.3. The molecule has 0 radical (unpaired) electrons.